The molecule has 220 valence electrons. The molecular weight excluding hydrogens is 534 g/mol. The lowest BCUT2D eigenvalue weighted by Crippen LogP contribution is -2.51. The maximum absolute atomic E-state index is 13.9. The molecule has 0 spiro atoms. The van der Waals surface area contributed by atoms with Crippen LogP contribution in [0.1, 0.15) is 48.9 Å². The molecule has 8 heteroatoms. The lowest BCUT2D eigenvalue weighted by molar-refractivity contribution is -0.141. The van der Waals surface area contributed by atoms with E-state index in [2.05, 4.69) is 5.32 Å². The molecule has 0 fully saturated rings. The third-order valence-electron chi connectivity index (χ3n) is 7.08. The lowest BCUT2D eigenvalue weighted by Gasteiger charge is -2.32. The quantitative estimate of drug-likeness (QED) is 0.283. The lowest BCUT2D eigenvalue weighted by atomic mass is 10.0. The number of sulfonamides is 1. The van der Waals surface area contributed by atoms with E-state index in [4.69, 9.17) is 0 Å². The topological polar surface area (TPSA) is 86.8 Å². The van der Waals surface area contributed by atoms with Gasteiger partial charge in [-0.05, 0) is 60.6 Å². The van der Waals surface area contributed by atoms with Gasteiger partial charge in [0.15, 0.2) is 0 Å². The fourth-order valence-electron chi connectivity index (χ4n) is 4.64. The van der Waals surface area contributed by atoms with Crippen LogP contribution in [-0.2, 0) is 32.6 Å². The second-order valence-corrected chi connectivity index (χ2v) is 13.0. The molecule has 7 nitrogen and oxygen atoms in total. The summed E-state index contributed by atoms with van der Waals surface area (Å²) in [5.74, 6) is -0.121. The van der Waals surface area contributed by atoms with Crippen LogP contribution in [0.2, 0.25) is 0 Å². The largest absolute Gasteiger partial charge is 0.354 e. The number of benzene rings is 3. The Bertz CT molecular complexity index is 1390. The van der Waals surface area contributed by atoms with Gasteiger partial charge in [0.05, 0.1) is 11.9 Å². The monoisotopic (exact) mass is 577 g/mol. The Labute approximate surface area is 245 Å². The summed E-state index contributed by atoms with van der Waals surface area (Å²) in [7, 11) is -3.56. The minimum Gasteiger partial charge on any atom is -0.354 e. The molecule has 0 aliphatic heterocycles. The highest BCUT2D eigenvalue weighted by Crippen LogP contribution is 2.23. The Kier molecular flexibility index (Phi) is 11.5. The summed E-state index contributed by atoms with van der Waals surface area (Å²) >= 11 is 0. The van der Waals surface area contributed by atoms with Crippen molar-refractivity contribution in [3.05, 3.63) is 101 Å². The second-order valence-electron chi connectivity index (χ2n) is 11.1. The standard InChI is InChI=1S/C33H43N3O4S/c1-25(2)23-34-33(38)31(22-28-13-8-6-9-14-28)35(24-29-15-10-7-11-16-29)32(37)17-12-20-36(41(5,39)40)30-19-18-26(3)27(4)21-30/h6-11,13-16,18-19,21,25,31H,12,17,20,22-24H2,1-5H3,(H,34,38). The minimum atomic E-state index is -3.56. The van der Waals surface area contributed by atoms with Crippen LogP contribution in [0.5, 0.6) is 0 Å². The number of nitrogens with one attached hydrogen (secondary N) is 1. The molecule has 0 aliphatic rings. The molecule has 3 rings (SSSR count). The summed E-state index contributed by atoms with van der Waals surface area (Å²) in [6.45, 7) is 8.94. The van der Waals surface area contributed by atoms with Crippen molar-refractivity contribution in [2.45, 2.75) is 59.5 Å². The molecule has 0 saturated carbocycles. The first-order valence-electron chi connectivity index (χ1n) is 14.2. The van der Waals surface area contributed by atoms with Crippen LogP contribution in [0.3, 0.4) is 0 Å². The molecule has 0 aromatic heterocycles. The fraction of sp³-hybridized carbons (Fsp3) is 0.394. The third-order valence-corrected chi connectivity index (χ3v) is 8.28. The van der Waals surface area contributed by atoms with E-state index in [0.717, 1.165) is 22.3 Å². The Hall–Kier alpha value is -3.65. The Morgan fingerprint density at radius 2 is 1.46 bits per heavy atom. The summed E-state index contributed by atoms with van der Waals surface area (Å²) in [5.41, 5.74) is 4.54. The van der Waals surface area contributed by atoms with E-state index in [1.807, 2.05) is 100 Å². The van der Waals surface area contributed by atoms with Crippen molar-refractivity contribution in [1.29, 1.82) is 0 Å². The SMILES string of the molecule is Cc1ccc(N(CCCC(=O)N(Cc2ccccc2)C(Cc2ccccc2)C(=O)NCC(C)C)S(C)(=O)=O)cc1C. The highest BCUT2D eigenvalue weighted by atomic mass is 32.2. The van der Waals surface area contributed by atoms with Crippen molar-refractivity contribution in [2.24, 2.45) is 5.92 Å². The molecule has 0 radical (unpaired) electrons. The van der Waals surface area contributed by atoms with Crippen LogP contribution in [-0.4, -0.2) is 50.5 Å². The highest BCUT2D eigenvalue weighted by molar-refractivity contribution is 7.92. The molecule has 0 heterocycles. The van der Waals surface area contributed by atoms with Gasteiger partial charge in [0.25, 0.3) is 0 Å². The molecule has 1 atom stereocenters. The smallest absolute Gasteiger partial charge is 0.243 e. The van der Waals surface area contributed by atoms with E-state index in [1.165, 1.54) is 10.6 Å². The second kappa shape index (κ2) is 14.8. The number of rotatable bonds is 14. The highest BCUT2D eigenvalue weighted by Gasteiger charge is 2.30. The number of carbonyl (C=O) groups excluding carboxylic acids is 2. The number of carbonyl (C=O) groups is 2. The van der Waals surface area contributed by atoms with E-state index in [9.17, 15) is 18.0 Å². The van der Waals surface area contributed by atoms with Crippen LogP contribution in [0.15, 0.2) is 78.9 Å². The first-order chi connectivity index (χ1) is 19.5. The summed E-state index contributed by atoms with van der Waals surface area (Å²) < 4.78 is 26.7. The molecular formula is C33H43N3O4S. The van der Waals surface area contributed by atoms with E-state index in [-0.39, 0.29) is 37.2 Å². The van der Waals surface area contributed by atoms with Crippen LogP contribution in [0, 0.1) is 19.8 Å². The maximum atomic E-state index is 13.9. The van der Waals surface area contributed by atoms with Crippen LogP contribution < -0.4 is 9.62 Å². The number of amides is 2. The van der Waals surface area contributed by atoms with Crippen molar-refractivity contribution < 1.29 is 18.0 Å². The molecule has 3 aromatic carbocycles. The molecule has 1 N–H and O–H groups in total. The Morgan fingerprint density at radius 1 is 0.854 bits per heavy atom. The van der Waals surface area contributed by atoms with Crippen LogP contribution in [0.25, 0.3) is 0 Å². The van der Waals surface area contributed by atoms with E-state index in [1.54, 1.807) is 11.0 Å². The zero-order chi connectivity index (χ0) is 30.0. The van der Waals surface area contributed by atoms with Gasteiger partial charge in [-0.1, -0.05) is 80.6 Å². The maximum Gasteiger partial charge on any atom is 0.243 e. The van der Waals surface area contributed by atoms with Crippen LogP contribution >= 0.6 is 0 Å². The number of hydrogen-bond acceptors (Lipinski definition) is 4. The first kappa shape index (κ1) is 31.9. The molecule has 0 aliphatic carbocycles. The van der Waals surface area contributed by atoms with Gasteiger partial charge >= 0.3 is 0 Å². The van der Waals surface area contributed by atoms with Gasteiger partial charge in [-0.2, -0.15) is 0 Å². The summed E-state index contributed by atoms with van der Waals surface area (Å²) in [6.07, 6.45) is 1.98. The number of anilines is 1. The average molecular weight is 578 g/mol. The summed E-state index contributed by atoms with van der Waals surface area (Å²) in [6, 6.07) is 24.2. The molecule has 1 unspecified atom stereocenters. The van der Waals surface area contributed by atoms with Gasteiger partial charge in [-0.25, -0.2) is 8.42 Å². The van der Waals surface area contributed by atoms with Crippen molar-refractivity contribution in [3.63, 3.8) is 0 Å². The van der Waals surface area contributed by atoms with E-state index in [0.29, 0.717) is 25.1 Å². The van der Waals surface area contributed by atoms with Gasteiger partial charge in [0, 0.05) is 32.5 Å². The van der Waals surface area contributed by atoms with Gasteiger partial charge in [0.1, 0.15) is 6.04 Å². The van der Waals surface area contributed by atoms with E-state index >= 15 is 0 Å². The fourth-order valence-corrected chi connectivity index (χ4v) is 5.60. The van der Waals surface area contributed by atoms with Gasteiger partial charge in [-0.15, -0.1) is 0 Å². The van der Waals surface area contributed by atoms with Crippen LogP contribution in [0.4, 0.5) is 5.69 Å². The third kappa shape index (κ3) is 9.74. The Balaban J connectivity index is 1.86. The van der Waals surface area contributed by atoms with E-state index < -0.39 is 16.1 Å². The average Bonchev–Trinajstić information content (AvgIpc) is 2.93. The summed E-state index contributed by atoms with van der Waals surface area (Å²) in [5, 5.41) is 3.03. The predicted molar refractivity (Wildman–Crippen MR) is 166 cm³/mol. The zero-order valence-electron chi connectivity index (χ0n) is 24.8. The van der Waals surface area contributed by atoms with Gasteiger partial charge in [-0.3, -0.25) is 13.9 Å². The normalized spacial score (nSPS) is 12.1. The number of hydrogen-bond donors (Lipinski definition) is 1. The molecule has 2 amide bonds. The molecule has 0 bridgehead atoms. The minimum absolute atomic E-state index is 0.104. The van der Waals surface area contributed by atoms with Gasteiger partial charge in [0.2, 0.25) is 21.8 Å². The first-order valence-corrected chi connectivity index (χ1v) is 16.0. The number of nitrogens with zero attached hydrogens (tertiary/aromatic N) is 2. The van der Waals surface area contributed by atoms with Gasteiger partial charge < -0.3 is 10.2 Å². The van der Waals surface area contributed by atoms with Crippen molar-refractivity contribution in [2.75, 3.05) is 23.7 Å². The zero-order valence-corrected chi connectivity index (χ0v) is 25.7. The molecule has 41 heavy (non-hydrogen) atoms. The summed E-state index contributed by atoms with van der Waals surface area (Å²) in [4.78, 5) is 29.1. The number of aryl methyl sites for hydroxylation is 2. The van der Waals surface area contributed by atoms with Crippen molar-refractivity contribution in [3.8, 4) is 0 Å². The molecule has 3 aromatic rings. The van der Waals surface area contributed by atoms with Crippen molar-refractivity contribution >= 4 is 27.5 Å². The molecule has 0 saturated heterocycles. The predicted octanol–water partition coefficient (Wildman–Crippen LogP) is 5.26. The van der Waals surface area contributed by atoms with Crippen molar-refractivity contribution in [1.82, 2.24) is 10.2 Å². The Morgan fingerprint density at radius 3 is 2.02 bits per heavy atom.